The molecule has 0 radical (unpaired) electrons. The fourth-order valence-corrected chi connectivity index (χ4v) is 5.97. The van der Waals surface area contributed by atoms with Gasteiger partial charge in [-0.25, -0.2) is 0 Å². The van der Waals surface area contributed by atoms with E-state index in [0.29, 0.717) is 10.1 Å². The first kappa shape index (κ1) is 26.1. The van der Waals surface area contributed by atoms with Crippen LogP contribution in [0.1, 0.15) is 40.3 Å². The van der Waals surface area contributed by atoms with Crippen molar-refractivity contribution >= 4 is 34.6 Å². The first-order chi connectivity index (χ1) is 19.4. The number of para-hydroxylation sites is 1. The van der Waals surface area contributed by atoms with Crippen LogP contribution in [-0.2, 0) is 0 Å². The Labute approximate surface area is 245 Å². The molecule has 0 spiro atoms. The van der Waals surface area contributed by atoms with E-state index in [9.17, 15) is 0 Å². The van der Waals surface area contributed by atoms with E-state index in [2.05, 4.69) is 46.8 Å². The van der Waals surface area contributed by atoms with Crippen molar-refractivity contribution in [2.45, 2.75) is 32.9 Å². The molecule has 0 unspecified atom stereocenters. The Bertz CT molecular complexity index is 1670. The molecule has 7 heteroatoms. The minimum Gasteiger partial charge on any atom is -0.457 e. The highest BCUT2D eigenvalue weighted by molar-refractivity contribution is 7.80. The van der Waals surface area contributed by atoms with Gasteiger partial charge in [0.2, 0.25) is 0 Å². The van der Waals surface area contributed by atoms with Crippen LogP contribution in [0.4, 0.5) is 5.69 Å². The monoisotopic (exact) mass is 564 g/mol. The Hall–Kier alpha value is -4.13. The highest BCUT2D eigenvalue weighted by atomic mass is 35.5. The summed E-state index contributed by atoms with van der Waals surface area (Å²) in [5, 5.41) is 4.94. The molecule has 1 aliphatic rings. The van der Waals surface area contributed by atoms with Crippen LogP contribution in [0.25, 0.3) is 5.69 Å². The van der Waals surface area contributed by atoms with Crippen LogP contribution in [0.3, 0.4) is 0 Å². The van der Waals surface area contributed by atoms with Gasteiger partial charge in [-0.15, -0.1) is 0 Å². The van der Waals surface area contributed by atoms with Gasteiger partial charge in [-0.3, -0.25) is 4.98 Å². The number of thiocarbonyl (C=S) groups is 1. The van der Waals surface area contributed by atoms with Gasteiger partial charge >= 0.3 is 0 Å². The van der Waals surface area contributed by atoms with Crippen LogP contribution in [0.2, 0.25) is 5.02 Å². The van der Waals surface area contributed by atoms with Gasteiger partial charge in [0.05, 0.1) is 17.8 Å². The summed E-state index contributed by atoms with van der Waals surface area (Å²) in [6.45, 7) is 6.33. The van der Waals surface area contributed by atoms with E-state index in [1.54, 1.807) is 0 Å². The van der Waals surface area contributed by atoms with E-state index >= 15 is 0 Å². The van der Waals surface area contributed by atoms with Crippen LogP contribution in [0.5, 0.6) is 11.5 Å². The predicted octanol–water partition coefficient (Wildman–Crippen LogP) is 8.42. The van der Waals surface area contributed by atoms with Crippen molar-refractivity contribution in [2.24, 2.45) is 0 Å². The van der Waals surface area contributed by atoms with E-state index in [4.69, 9.17) is 33.5 Å². The van der Waals surface area contributed by atoms with E-state index in [1.807, 2.05) is 92.0 Å². The third kappa shape index (κ3) is 4.85. The molecule has 2 aromatic heterocycles. The maximum atomic E-state index is 6.19. The Morgan fingerprint density at radius 1 is 0.850 bits per heavy atom. The second kappa shape index (κ2) is 10.8. The van der Waals surface area contributed by atoms with Crippen LogP contribution in [0.15, 0.2) is 103 Å². The molecule has 6 rings (SSSR count). The third-order valence-electron chi connectivity index (χ3n) is 7.41. The second-order valence-electron chi connectivity index (χ2n) is 10.00. The number of nitrogens with one attached hydrogen (secondary N) is 1. The molecule has 0 aliphatic carbocycles. The zero-order chi connectivity index (χ0) is 27.8. The molecule has 40 heavy (non-hydrogen) atoms. The van der Waals surface area contributed by atoms with Crippen molar-refractivity contribution in [3.8, 4) is 17.2 Å². The second-order valence-corrected chi connectivity index (χ2v) is 10.8. The van der Waals surface area contributed by atoms with Crippen LogP contribution in [0, 0.1) is 20.8 Å². The first-order valence-corrected chi connectivity index (χ1v) is 14.0. The molecule has 0 amide bonds. The smallest absolute Gasteiger partial charge is 0.174 e. The van der Waals surface area contributed by atoms with Gasteiger partial charge in [0, 0.05) is 34.0 Å². The quantitative estimate of drug-likeness (QED) is 0.210. The lowest BCUT2D eigenvalue weighted by atomic mass is 9.96. The summed E-state index contributed by atoms with van der Waals surface area (Å²) in [6, 6.07) is 32.1. The average molecular weight is 565 g/mol. The maximum absolute atomic E-state index is 6.19. The molecule has 1 aliphatic heterocycles. The fraction of sp³-hybridized carbons (Fsp3) is 0.152. The highest BCUT2D eigenvalue weighted by Gasteiger charge is 2.42. The zero-order valence-corrected chi connectivity index (χ0v) is 24.1. The first-order valence-electron chi connectivity index (χ1n) is 13.2. The van der Waals surface area contributed by atoms with Gasteiger partial charge in [-0.05, 0) is 117 Å². The van der Waals surface area contributed by atoms with Gasteiger partial charge in [-0.2, -0.15) is 0 Å². The highest BCUT2D eigenvalue weighted by Crippen LogP contribution is 2.44. The summed E-state index contributed by atoms with van der Waals surface area (Å²) in [6.07, 6.45) is 1.83. The minimum absolute atomic E-state index is 0.113. The molecule has 0 saturated carbocycles. The number of nitrogens with zero attached hydrogens (tertiary/aromatic N) is 3. The molecule has 3 aromatic carbocycles. The number of anilines is 1. The van der Waals surface area contributed by atoms with E-state index < -0.39 is 0 Å². The van der Waals surface area contributed by atoms with Crippen LogP contribution in [-0.4, -0.2) is 14.7 Å². The maximum Gasteiger partial charge on any atom is 0.174 e. The Morgan fingerprint density at radius 2 is 1.55 bits per heavy atom. The molecule has 5 nitrogen and oxygen atoms in total. The lowest BCUT2D eigenvalue weighted by Gasteiger charge is -2.28. The number of hydrogen-bond donors (Lipinski definition) is 1. The van der Waals surface area contributed by atoms with Gasteiger partial charge < -0.3 is 19.5 Å². The molecule has 200 valence electrons. The number of benzene rings is 3. The summed E-state index contributed by atoms with van der Waals surface area (Å²) in [7, 11) is 0. The number of ether oxygens (including phenoxy) is 1. The molecule has 2 atom stereocenters. The Balaban J connectivity index is 1.41. The fourth-order valence-electron chi connectivity index (χ4n) is 5.50. The zero-order valence-electron chi connectivity index (χ0n) is 22.5. The summed E-state index contributed by atoms with van der Waals surface area (Å²) < 4.78 is 8.43. The van der Waals surface area contributed by atoms with Crippen molar-refractivity contribution in [3.05, 3.63) is 136 Å². The number of aromatic nitrogens is 2. The standard InChI is InChI=1S/C33H29ClN4OS/c1-21-8-4-5-10-30(21)39-27-17-15-26(16-18-27)38-32(31(36-33(38)40)29-9-6-7-19-35-29)28-20-22(2)37(23(28)3)25-13-11-24(34)12-14-25/h4-20,31-32H,1-3H3,(H,36,40)/t31-,32+/m0/s1. The lowest BCUT2D eigenvalue weighted by Crippen LogP contribution is -2.29. The number of aryl methyl sites for hydroxylation is 2. The summed E-state index contributed by atoms with van der Waals surface area (Å²) in [5.41, 5.74) is 7.53. The van der Waals surface area contributed by atoms with Crippen molar-refractivity contribution in [1.82, 2.24) is 14.9 Å². The topological polar surface area (TPSA) is 42.3 Å². The molecule has 1 fully saturated rings. The molecule has 1 N–H and O–H groups in total. The van der Waals surface area contributed by atoms with Gasteiger partial charge in [0.1, 0.15) is 11.5 Å². The van der Waals surface area contributed by atoms with E-state index in [-0.39, 0.29) is 12.1 Å². The third-order valence-corrected chi connectivity index (χ3v) is 7.97. The van der Waals surface area contributed by atoms with Gasteiger partial charge in [-0.1, -0.05) is 35.9 Å². The van der Waals surface area contributed by atoms with Crippen LogP contribution < -0.4 is 15.0 Å². The van der Waals surface area contributed by atoms with Gasteiger partial charge in [0.25, 0.3) is 0 Å². The average Bonchev–Trinajstić information content (AvgIpc) is 3.46. The van der Waals surface area contributed by atoms with E-state index in [0.717, 1.165) is 45.5 Å². The SMILES string of the molecule is Cc1ccccc1Oc1ccc(N2C(=S)N[C@@H](c3ccccn3)[C@H]2c2cc(C)n(-c3ccc(Cl)cc3)c2C)cc1. The Morgan fingerprint density at radius 3 is 2.25 bits per heavy atom. The molecule has 0 bridgehead atoms. The van der Waals surface area contributed by atoms with Crippen LogP contribution >= 0.6 is 23.8 Å². The number of pyridine rings is 1. The minimum atomic E-state index is -0.129. The number of halogens is 1. The summed E-state index contributed by atoms with van der Waals surface area (Å²) in [5.74, 6) is 1.62. The van der Waals surface area contributed by atoms with E-state index in [1.165, 1.54) is 5.56 Å². The van der Waals surface area contributed by atoms with Crippen molar-refractivity contribution in [3.63, 3.8) is 0 Å². The number of hydrogen-bond acceptors (Lipinski definition) is 3. The van der Waals surface area contributed by atoms with Crippen molar-refractivity contribution < 1.29 is 4.74 Å². The molecular weight excluding hydrogens is 536 g/mol. The molecule has 5 aromatic rings. The molecular formula is C33H29ClN4OS. The molecule has 3 heterocycles. The summed E-state index contributed by atoms with van der Waals surface area (Å²) in [4.78, 5) is 6.90. The largest absolute Gasteiger partial charge is 0.457 e. The predicted molar refractivity (Wildman–Crippen MR) is 166 cm³/mol. The lowest BCUT2D eigenvalue weighted by molar-refractivity contribution is 0.479. The summed E-state index contributed by atoms with van der Waals surface area (Å²) >= 11 is 12.1. The van der Waals surface area contributed by atoms with Crippen molar-refractivity contribution in [2.75, 3.05) is 4.90 Å². The number of rotatable bonds is 6. The van der Waals surface area contributed by atoms with Gasteiger partial charge in [0.15, 0.2) is 5.11 Å². The normalized spacial score (nSPS) is 16.7. The molecule has 1 saturated heterocycles. The Kier molecular flexibility index (Phi) is 7.05. The van der Waals surface area contributed by atoms with Crippen molar-refractivity contribution in [1.29, 1.82) is 0 Å².